The number of fused-ring (bicyclic) bond motifs is 9. The number of thiazole rings is 1. The largest absolute Gasteiger partial charge is 0.489 e. The van der Waals surface area contributed by atoms with Gasteiger partial charge in [0, 0.05) is 38.8 Å². The van der Waals surface area contributed by atoms with E-state index in [1.807, 2.05) is 31.2 Å². The zero-order chi connectivity index (χ0) is 31.1. The first-order valence-electron chi connectivity index (χ1n) is 14.7. The minimum Gasteiger partial charge on any atom is -0.489 e. The number of nitrogens with one attached hydrogen (secondary N) is 1. The third-order valence-electron chi connectivity index (χ3n) is 9.99. The number of H-pyrrole nitrogens is 1. The number of aromatic nitrogens is 1. The standard InChI is InChI=1S/C33H26ClN3O6S2/c1-15-4-2-3-5-16(15)14-43-23-11-10-19(37(41)42)12-20(23)24-25-21-13-22(28(25)44-30-29(24)45-33(40)35-30)27-26(21)31(38)36(32(27)39)18-8-6-17(34)7-9-18/h2-12,21-22,24-28H,13-14H2,1H3,(H,35,40)/t21-,22-,24?,25?,26?,27?,28?/m1/s1. The van der Waals surface area contributed by atoms with E-state index in [0.717, 1.165) is 32.4 Å². The van der Waals surface area contributed by atoms with Crippen molar-refractivity contribution < 1.29 is 19.2 Å². The Balaban J connectivity index is 1.23. The Morgan fingerprint density at radius 3 is 2.49 bits per heavy atom. The molecule has 228 valence electrons. The number of anilines is 1. The minimum atomic E-state index is -0.505. The van der Waals surface area contributed by atoms with Crippen LogP contribution in [0.2, 0.25) is 5.02 Å². The number of nitro benzene ring substituents is 1. The van der Waals surface area contributed by atoms with Gasteiger partial charge in [-0.05, 0) is 72.6 Å². The maximum Gasteiger partial charge on any atom is 0.305 e. The van der Waals surface area contributed by atoms with Crippen LogP contribution >= 0.6 is 34.7 Å². The first kappa shape index (κ1) is 28.5. The molecular weight excluding hydrogens is 634 g/mol. The quantitative estimate of drug-likeness (QED) is 0.141. The normalized spacial score (nSPS) is 27.8. The van der Waals surface area contributed by atoms with Crippen LogP contribution in [0.3, 0.4) is 0 Å². The lowest BCUT2D eigenvalue weighted by molar-refractivity contribution is -0.385. The van der Waals surface area contributed by atoms with Crippen molar-refractivity contribution in [2.75, 3.05) is 4.90 Å². The second kappa shape index (κ2) is 10.6. The molecule has 2 aliphatic carbocycles. The van der Waals surface area contributed by atoms with Crippen LogP contribution in [0.4, 0.5) is 11.4 Å². The Hall–Kier alpha value is -3.93. The Morgan fingerprint density at radius 1 is 1.02 bits per heavy atom. The van der Waals surface area contributed by atoms with Gasteiger partial charge in [0.1, 0.15) is 12.4 Å². The molecule has 4 aliphatic rings. The zero-order valence-corrected chi connectivity index (χ0v) is 26.2. The van der Waals surface area contributed by atoms with Gasteiger partial charge in [-0.2, -0.15) is 0 Å². The van der Waals surface area contributed by atoms with Crippen molar-refractivity contribution in [3.05, 3.63) is 113 Å². The second-order valence-corrected chi connectivity index (χ2v) is 14.8. The van der Waals surface area contributed by atoms with Gasteiger partial charge in [0.05, 0.1) is 27.5 Å². The third kappa shape index (κ3) is 4.39. The predicted octanol–water partition coefficient (Wildman–Crippen LogP) is 6.56. The summed E-state index contributed by atoms with van der Waals surface area (Å²) < 4.78 is 6.40. The molecule has 0 spiro atoms. The highest BCUT2D eigenvalue weighted by Crippen LogP contribution is 2.69. The number of ether oxygens (including phenoxy) is 1. The number of aryl methyl sites for hydroxylation is 1. The number of amides is 2. The van der Waals surface area contributed by atoms with Crippen molar-refractivity contribution in [3.63, 3.8) is 0 Å². The molecule has 1 saturated heterocycles. The fourth-order valence-corrected chi connectivity index (χ4v) is 11.2. The van der Waals surface area contributed by atoms with Crippen molar-refractivity contribution in [2.45, 2.75) is 36.1 Å². The average molecular weight is 660 g/mol. The lowest BCUT2D eigenvalue weighted by Crippen LogP contribution is -2.42. The number of thioether (sulfide) groups is 1. The Labute approximate surface area is 270 Å². The minimum absolute atomic E-state index is 0.0654. The first-order valence-corrected chi connectivity index (χ1v) is 16.8. The van der Waals surface area contributed by atoms with Crippen LogP contribution in [-0.4, -0.2) is 27.0 Å². The molecule has 2 bridgehead atoms. The van der Waals surface area contributed by atoms with Gasteiger partial charge < -0.3 is 9.72 Å². The number of benzene rings is 3. The number of hydrogen-bond donors (Lipinski definition) is 1. The molecule has 2 saturated carbocycles. The number of carbonyl (C=O) groups is 2. The molecule has 0 radical (unpaired) electrons. The van der Waals surface area contributed by atoms with Gasteiger partial charge in [-0.1, -0.05) is 47.2 Å². The summed E-state index contributed by atoms with van der Waals surface area (Å²) in [5.41, 5.74) is 3.11. The molecule has 3 heterocycles. The smallest absolute Gasteiger partial charge is 0.305 e. The van der Waals surface area contributed by atoms with Gasteiger partial charge >= 0.3 is 4.87 Å². The van der Waals surface area contributed by atoms with Gasteiger partial charge in [0.15, 0.2) is 0 Å². The molecule has 9 nitrogen and oxygen atoms in total. The van der Waals surface area contributed by atoms with Crippen LogP contribution in [-0.2, 0) is 16.2 Å². The highest BCUT2D eigenvalue weighted by molar-refractivity contribution is 8.00. The molecule has 7 atom stereocenters. The molecule has 1 aromatic heterocycles. The number of aromatic amines is 1. The topological polar surface area (TPSA) is 123 Å². The molecule has 4 aromatic rings. The van der Waals surface area contributed by atoms with Crippen molar-refractivity contribution in [2.24, 2.45) is 29.6 Å². The second-order valence-electron chi connectivity index (χ2n) is 12.1. The third-order valence-corrected chi connectivity index (χ3v) is 12.8. The molecular formula is C33H26ClN3O6S2. The van der Waals surface area contributed by atoms with Crippen molar-refractivity contribution in [3.8, 4) is 5.75 Å². The number of nitro groups is 1. The van der Waals surface area contributed by atoms with Crippen LogP contribution in [0.25, 0.3) is 0 Å². The fourth-order valence-electron chi connectivity index (χ4n) is 8.16. The molecule has 2 aliphatic heterocycles. The molecule has 5 unspecified atom stereocenters. The Kier molecular flexibility index (Phi) is 6.70. The molecule has 3 aromatic carbocycles. The summed E-state index contributed by atoms with van der Waals surface area (Å²) in [4.78, 5) is 57.1. The van der Waals surface area contributed by atoms with Gasteiger partial charge in [-0.15, -0.1) is 11.8 Å². The summed E-state index contributed by atoms with van der Waals surface area (Å²) in [6.07, 6.45) is 0.702. The number of non-ortho nitro benzene ring substituents is 1. The van der Waals surface area contributed by atoms with E-state index in [1.165, 1.54) is 11.0 Å². The monoisotopic (exact) mass is 659 g/mol. The van der Waals surface area contributed by atoms with E-state index >= 15 is 0 Å². The lowest BCUT2D eigenvalue weighted by atomic mass is 9.68. The van der Waals surface area contributed by atoms with Crippen molar-refractivity contribution in [1.29, 1.82) is 0 Å². The first-order chi connectivity index (χ1) is 21.7. The summed E-state index contributed by atoms with van der Waals surface area (Å²) in [5.74, 6) is -1.67. The maximum atomic E-state index is 14.0. The van der Waals surface area contributed by atoms with Crippen LogP contribution < -0.4 is 14.5 Å². The van der Waals surface area contributed by atoms with Crippen LogP contribution in [0.5, 0.6) is 5.75 Å². The molecule has 1 N–H and O–H groups in total. The summed E-state index contributed by atoms with van der Waals surface area (Å²) in [5, 5.41) is 13.2. The number of imide groups is 1. The van der Waals surface area contributed by atoms with Gasteiger partial charge in [-0.3, -0.25) is 29.4 Å². The van der Waals surface area contributed by atoms with E-state index in [0.29, 0.717) is 28.4 Å². The summed E-state index contributed by atoms with van der Waals surface area (Å²) >= 11 is 8.76. The SMILES string of the molecule is Cc1ccccc1COc1ccc([N+](=O)[O-])cc1C1c2sc(=O)[nH]c2SC2C1[C@H]1C[C@@H]2C2C(=O)N(c3ccc(Cl)cc3)C(=O)C21. The number of nitrogens with zero attached hydrogens (tertiary/aromatic N) is 2. The molecule has 8 rings (SSSR count). The van der Waals surface area contributed by atoms with E-state index in [2.05, 4.69) is 4.98 Å². The number of hydrogen-bond acceptors (Lipinski definition) is 8. The van der Waals surface area contributed by atoms with Crippen LogP contribution in [0, 0.1) is 46.6 Å². The summed E-state index contributed by atoms with van der Waals surface area (Å²) in [7, 11) is 0. The highest BCUT2D eigenvalue weighted by Gasteiger charge is 2.70. The fraction of sp³-hybridized carbons (Fsp3) is 0.303. The summed E-state index contributed by atoms with van der Waals surface area (Å²) in [6, 6.07) is 19.2. The number of carbonyl (C=O) groups excluding carboxylic acids is 2. The molecule has 2 amide bonds. The Bertz CT molecular complexity index is 1960. The molecule has 3 fully saturated rings. The molecule has 12 heteroatoms. The van der Waals surface area contributed by atoms with Gasteiger partial charge in [0.2, 0.25) is 11.8 Å². The van der Waals surface area contributed by atoms with Crippen molar-refractivity contribution >= 4 is 57.9 Å². The van der Waals surface area contributed by atoms with Crippen LogP contribution in [0.15, 0.2) is 76.6 Å². The number of halogens is 1. The predicted molar refractivity (Wildman–Crippen MR) is 171 cm³/mol. The van der Waals surface area contributed by atoms with E-state index in [9.17, 15) is 24.5 Å². The maximum absolute atomic E-state index is 14.0. The van der Waals surface area contributed by atoms with E-state index < -0.39 is 22.7 Å². The lowest BCUT2D eigenvalue weighted by Gasteiger charge is -2.43. The van der Waals surface area contributed by atoms with Crippen LogP contribution in [0.1, 0.15) is 33.9 Å². The van der Waals surface area contributed by atoms with Gasteiger partial charge in [-0.25, -0.2) is 0 Å². The Morgan fingerprint density at radius 2 is 1.76 bits per heavy atom. The highest BCUT2D eigenvalue weighted by atomic mass is 35.5. The summed E-state index contributed by atoms with van der Waals surface area (Å²) in [6.45, 7) is 2.27. The average Bonchev–Trinajstić information content (AvgIpc) is 3.76. The van der Waals surface area contributed by atoms with Gasteiger partial charge in [0.25, 0.3) is 5.69 Å². The molecule has 45 heavy (non-hydrogen) atoms. The zero-order valence-electron chi connectivity index (χ0n) is 23.8. The van der Waals surface area contributed by atoms with E-state index in [4.69, 9.17) is 16.3 Å². The van der Waals surface area contributed by atoms with E-state index in [-0.39, 0.29) is 52.0 Å². The number of rotatable bonds is 6. The van der Waals surface area contributed by atoms with E-state index in [1.54, 1.807) is 48.2 Å². The van der Waals surface area contributed by atoms with Crippen molar-refractivity contribution in [1.82, 2.24) is 4.98 Å².